The molecule has 1 heterocycles. The number of amides is 3. The highest BCUT2D eigenvalue weighted by molar-refractivity contribution is 5.89. The van der Waals surface area contributed by atoms with Gasteiger partial charge in [-0.3, -0.25) is 14.4 Å². The first-order chi connectivity index (χ1) is 21.1. The summed E-state index contributed by atoms with van der Waals surface area (Å²) >= 11 is 0. The molecule has 2 aromatic carbocycles. The van der Waals surface area contributed by atoms with E-state index in [0.29, 0.717) is 31.8 Å². The predicted octanol–water partition coefficient (Wildman–Crippen LogP) is 5.10. The Balaban J connectivity index is 1.74. The number of carbonyl (C=O) groups excluding carboxylic acids is 3. The summed E-state index contributed by atoms with van der Waals surface area (Å²) in [4.78, 5) is 44.6. The highest BCUT2D eigenvalue weighted by Gasteiger charge is 2.41. The third-order valence-corrected chi connectivity index (χ3v) is 9.52. The SMILES string of the molecule is CC[C@H](C)[C@H](C)[C@@H](CC(=O)N1CCC[C@H]1[C@H](OC)C(C)C(=O)N[C@@H](Cc1ccccc1)C(=O)N(C)Cc1ccccc1)OC. The van der Waals surface area contributed by atoms with Gasteiger partial charge in [-0.1, -0.05) is 94.8 Å². The summed E-state index contributed by atoms with van der Waals surface area (Å²) in [6.45, 7) is 9.38. The number of nitrogens with one attached hydrogen (secondary N) is 1. The van der Waals surface area contributed by atoms with E-state index in [2.05, 4.69) is 26.1 Å². The third-order valence-electron chi connectivity index (χ3n) is 9.52. The summed E-state index contributed by atoms with van der Waals surface area (Å²) in [7, 11) is 5.03. The lowest BCUT2D eigenvalue weighted by Gasteiger charge is -2.36. The standard InChI is InChI=1S/C36H53N3O5/c1-8-25(2)26(3)32(43-6)23-33(40)39-21-15-20-31(39)34(44-7)27(4)35(41)37-30(22-28-16-11-9-12-17-28)36(42)38(5)24-29-18-13-10-14-19-29/h9-14,16-19,25-27,30-32,34H,8,15,20-24H2,1-7H3,(H,37,41)/t25-,26-,27?,30-,31-,32+,34+/m0/s1. The van der Waals surface area contributed by atoms with E-state index in [-0.39, 0.29) is 35.8 Å². The van der Waals surface area contributed by atoms with Crippen LogP contribution in [0.3, 0.4) is 0 Å². The van der Waals surface area contributed by atoms with Gasteiger partial charge in [0.25, 0.3) is 0 Å². The number of ether oxygens (including phenoxy) is 2. The summed E-state index contributed by atoms with van der Waals surface area (Å²) in [6.07, 6.45) is 2.62. The van der Waals surface area contributed by atoms with Crippen molar-refractivity contribution in [2.75, 3.05) is 27.8 Å². The number of hydrogen-bond acceptors (Lipinski definition) is 5. The summed E-state index contributed by atoms with van der Waals surface area (Å²) in [6, 6.07) is 18.5. The molecular formula is C36H53N3O5. The normalized spacial score (nSPS) is 19.0. The molecule has 0 aliphatic carbocycles. The van der Waals surface area contributed by atoms with Gasteiger partial charge in [0.2, 0.25) is 17.7 Å². The van der Waals surface area contributed by atoms with Crippen molar-refractivity contribution in [3.05, 3.63) is 71.8 Å². The van der Waals surface area contributed by atoms with Gasteiger partial charge in [0, 0.05) is 40.8 Å². The van der Waals surface area contributed by atoms with Gasteiger partial charge in [-0.05, 0) is 35.8 Å². The van der Waals surface area contributed by atoms with E-state index in [1.807, 2.05) is 72.5 Å². The van der Waals surface area contributed by atoms with Crippen LogP contribution in [0.2, 0.25) is 0 Å². The molecular weight excluding hydrogens is 554 g/mol. The maximum absolute atomic E-state index is 13.8. The number of benzene rings is 2. The van der Waals surface area contributed by atoms with Gasteiger partial charge in [0.05, 0.1) is 30.6 Å². The van der Waals surface area contributed by atoms with Crippen molar-refractivity contribution < 1.29 is 23.9 Å². The van der Waals surface area contributed by atoms with Gasteiger partial charge in [-0.2, -0.15) is 0 Å². The molecule has 0 spiro atoms. The maximum atomic E-state index is 13.8. The van der Waals surface area contributed by atoms with Crippen LogP contribution in [0.1, 0.15) is 64.5 Å². The monoisotopic (exact) mass is 607 g/mol. The molecule has 1 aliphatic heterocycles. The Bertz CT molecular complexity index is 1180. The highest BCUT2D eigenvalue weighted by Crippen LogP contribution is 2.29. The Morgan fingerprint density at radius 3 is 2.14 bits per heavy atom. The van der Waals surface area contributed by atoms with Crippen molar-refractivity contribution >= 4 is 17.7 Å². The Morgan fingerprint density at radius 2 is 1.57 bits per heavy atom. The molecule has 8 heteroatoms. The van der Waals surface area contributed by atoms with Gasteiger partial charge < -0.3 is 24.6 Å². The van der Waals surface area contributed by atoms with Crippen molar-refractivity contribution in [3.8, 4) is 0 Å². The Morgan fingerprint density at radius 1 is 0.955 bits per heavy atom. The van der Waals surface area contributed by atoms with Crippen molar-refractivity contribution in [3.63, 3.8) is 0 Å². The summed E-state index contributed by atoms with van der Waals surface area (Å²) in [5.74, 6) is -0.289. The average Bonchev–Trinajstić information content (AvgIpc) is 3.53. The molecule has 3 amide bonds. The number of hydrogen-bond donors (Lipinski definition) is 1. The van der Waals surface area contributed by atoms with E-state index in [9.17, 15) is 14.4 Å². The van der Waals surface area contributed by atoms with Crippen LogP contribution in [0.25, 0.3) is 0 Å². The van der Waals surface area contributed by atoms with Crippen molar-refractivity contribution in [1.29, 1.82) is 0 Å². The topological polar surface area (TPSA) is 88.2 Å². The van der Waals surface area contributed by atoms with Crippen molar-refractivity contribution in [2.45, 2.75) is 90.6 Å². The van der Waals surface area contributed by atoms with E-state index in [0.717, 1.165) is 30.4 Å². The molecule has 7 atom stereocenters. The van der Waals surface area contributed by atoms with E-state index in [4.69, 9.17) is 9.47 Å². The lowest BCUT2D eigenvalue weighted by molar-refractivity contribution is -0.143. The molecule has 1 fully saturated rings. The molecule has 1 saturated heterocycles. The molecule has 0 aromatic heterocycles. The molecule has 1 aliphatic rings. The van der Waals surface area contributed by atoms with Crippen molar-refractivity contribution in [2.24, 2.45) is 17.8 Å². The number of methoxy groups -OCH3 is 2. The summed E-state index contributed by atoms with van der Waals surface area (Å²) < 4.78 is 11.7. The van der Waals surface area contributed by atoms with Gasteiger partial charge in [-0.15, -0.1) is 0 Å². The quantitative estimate of drug-likeness (QED) is 0.287. The highest BCUT2D eigenvalue weighted by atomic mass is 16.5. The fraction of sp³-hybridized carbons (Fsp3) is 0.583. The molecule has 2 aromatic rings. The minimum atomic E-state index is -0.746. The number of likely N-dealkylation sites (N-methyl/N-ethyl adjacent to an activating group) is 1. The molecule has 1 unspecified atom stereocenters. The van der Waals surface area contributed by atoms with Crippen LogP contribution in [0.4, 0.5) is 0 Å². The van der Waals surface area contributed by atoms with Crippen LogP contribution in [0.15, 0.2) is 60.7 Å². The van der Waals surface area contributed by atoms with Crippen molar-refractivity contribution in [1.82, 2.24) is 15.1 Å². The molecule has 1 N–H and O–H groups in total. The van der Waals surface area contributed by atoms with Crippen LogP contribution in [-0.2, 0) is 36.8 Å². The first-order valence-electron chi connectivity index (χ1n) is 16.1. The molecule has 0 saturated carbocycles. The average molecular weight is 608 g/mol. The molecule has 3 rings (SSSR count). The fourth-order valence-corrected chi connectivity index (χ4v) is 6.35. The third kappa shape index (κ3) is 9.38. The zero-order valence-electron chi connectivity index (χ0n) is 27.7. The summed E-state index contributed by atoms with van der Waals surface area (Å²) in [5, 5.41) is 3.06. The Kier molecular flexibility index (Phi) is 13.9. The first-order valence-corrected chi connectivity index (χ1v) is 16.1. The smallest absolute Gasteiger partial charge is 0.245 e. The van der Waals surface area contributed by atoms with Crippen LogP contribution >= 0.6 is 0 Å². The number of rotatable bonds is 16. The van der Waals surface area contributed by atoms with Gasteiger partial charge in [0.15, 0.2) is 0 Å². The van der Waals surface area contributed by atoms with Crippen LogP contribution in [-0.4, -0.2) is 79.6 Å². The van der Waals surface area contributed by atoms with Crippen LogP contribution in [0, 0.1) is 17.8 Å². The molecule has 8 nitrogen and oxygen atoms in total. The fourth-order valence-electron chi connectivity index (χ4n) is 6.35. The molecule has 242 valence electrons. The lowest BCUT2D eigenvalue weighted by Crippen LogP contribution is -2.54. The first kappa shape index (κ1) is 35.3. The van der Waals surface area contributed by atoms with Gasteiger partial charge >= 0.3 is 0 Å². The Labute approximate surface area is 264 Å². The minimum absolute atomic E-state index is 0.0313. The summed E-state index contributed by atoms with van der Waals surface area (Å²) in [5.41, 5.74) is 1.98. The van der Waals surface area contributed by atoms with Gasteiger partial charge in [-0.25, -0.2) is 0 Å². The lowest BCUT2D eigenvalue weighted by atomic mass is 9.87. The van der Waals surface area contributed by atoms with Crippen LogP contribution < -0.4 is 5.32 Å². The predicted molar refractivity (Wildman–Crippen MR) is 174 cm³/mol. The van der Waals surface area contributed by atoms with Gasteiger partial charge in [0.1, 0.15) is 6.04 Å². The number of likely N-dealkylation sites (tertiary alicyclic amines) is 1. The van der Waals surface area contributed by atoms with E-state index >= 15 is 0 Å². The second-order valence-corrected chi connectivity index (χ2v) is 12.4. The minimum Gasteiger partial charge on any atom is -0.381 e. The molecule has 44 heavy (non-hydrogen) atoms. The molecule has 0 radical (unpaired) electrons. The number of carbonyl (C=O) groups is 3. The second-order valence-electron chi connectivity index (χ2n) is 12.4. The van der Waals surface area contributed by atoms with Crippen LogP contribution in [0.5, 0.6) is 0 Å². The zero-order chi connectivity index (χ0) is 32.2. The zero-order valence-corrected chi connectivity index (χ0v) is 27.7. The number of nitrogens with zero attached hydrogens (tertiary/aromatic N) is 2. The van der Waals surface area contributed by atoms with E-state index in [1.54, 1.807) is 26.2 Å². The second kappa shape index (κ2) is 17.3. The Hall–Kier alpha value is -3.23. The molecule has 0 bridgehead atoms. The largest absolute Gasteiger partial charge is 0.381 e. The van der Waals surface area contributed by atoms with E-state index in [1.165, 1.54) is 0 Å². The maximum Gasteiger partial charge on any atom is 0.245 e. The van der Waals surface area contributed by atoms with E-state index < -0.39 is 18.1 Å².